The van der Waals surface area contributed by atoms with Crippen molar-refractivity contribution < 1.29 is 18.4 Å². The van der Waals surface area contributed by atoms with Crippen LogP contribution >= 0.6 is 0 Å². The third kappa shape index (κ3) is 2.43. The van der Waals surface area contributed by atoms with Crippen molar-refractivity contribution in [1.29, 1.82) is 0 Å². The highest BCUT2D eigenvalue weighted by Crippen LogP contribution is 2.26. The van der Waals surface area contributed by atoms with E-state index in [2.05, 4.69) is 0 Å². The van der Waals surface area contributed by atoms with Gasteiger partial charge in [0.2, 0.25) is 5.91 Å². The van der Waals surface area contributed by atoms with Gasteiger partial charge in [0.05, 0.1) is 5.56 Å². The topological polar surface area (TPSA) is 66.6 Å². The maximum atomic E-state index is 13.3. The second kappa shape index (κ2) is 4.98. The first-order valence-corrected chi connectivity index (χ1v) is 6.48. The number of carbonyl (C=O) groups is 2. The number of anilines is 1. The molecule has 1 aliphatic rings. The highest BCUT2D eigenvalue weighted by molar-refractivity contribution is 6.02. The van der Waals surface area contributed by atoms with Gasteiger partial charge in [-0.05, 0) is 19.9 Å². The minimum Gasteiger partial charge on any atom is -0.398 e. The fraction of sp³-hybridized carbons (Fsp3) is 0.429. The molecule has 2 amide bonds. The number of rotatable bonds is 1. The van der Waals surface area contributed by atoms with Gasteiger partial charge in [0, 0.05) is 31.9 Å². The molecule has 1 fully saturated rings. The van der Waals surface area contributed by atoms with Crippen LogP contribution in [0.15, 0.2) is 12.1 Å². The summed E-state index contributed by atoms with van der Waals surface area (Å²) in [5.41, 5.74) is 4.24. The van der Waals surface area contributed by atoms with Gasteiger partial charge in [-0.3, -0.25) is 9.59 Å². The maximum Gasteiger partial charge on any atom is 0.256 e. The fourth-order valence-electron chi connectivity index (χ4n) is 2.46. The largest absolute Gasteiger partial charge is 0.398 e. The molecule has 0 aliphatic carbocycles. The summed E-state index contributed by atoms with van der Waals surface area (Å²) in [7, 11) is 1.65. The third-order valence-electron chi connectivity index (χ3n) is 3.77. The Bertz CT molecular complexity index is 616. The lowest BCUT2D eigenvalue weighted by Crippen LogP contribution is -2.63. The van der Waals surface area contributed by atoms with Crippen LogP contribution in [0.2, 0.25) is 0 Å². The molecule has 1 aliphatic heterocycles. The van der Waals surface area contributed by atoms with Crippen molar-refractivity contribution in [3.05, 3.63) is 29.3 Å². The van der Waals surface area contributed by atoms with Gasteiger partial charge < -0.3 is 15.5 Å². The van der Waals surface area contributed by atoms with Crippen molar-refractivity contribution in [3.63, 3.8) is 0 Å². The summed E-state index contributed by atoms with van der Waals surface area (Å²) in [4.78, 5) is 27.6. The molecule has 0 saturated carbocycles. The van der Waals surface area contributed by atoms with E-state index >= 15 is 0 Å². The minimum absolute atomic E-state index is 0.140. The van der Waals surface area contributed by atoms with E-state index in [1.54, 1.807) is 20.9 Å². The van der Waals surface area contributed by atoms with Crippen molar-refractivity contribution in [2.75, 3.05) is 25.9 Å². The Morgan fingerprint density at radius 2 is 1.81 bits per heavy atom. The van der Waals surface area contributed by atoms with Gasteiger partial charge in [0.15, 0.2) is 11.6 Å². The highest BCUT2D eigenvalue weighted by atomic mass is 19.2. The van der Waals surface area contributed by atoms with Crippen LogP contribution in [0.1, 0.15) is 24.2 Å². The Morgan fingerprint density at radius 1 is 1.24 bits per heavy atom. The Hall–Kier alpha value is -2.18. The molecule has 0 unspecified atom stereocenters. The van der Waals surface area contributed by atoms with Gasteiger partial charge in [0.1, 0.15) is 5.54 Å². The molecule has 21 heavy (non-hydrogen) atoms. The van der Waals surface area contributed by atoms with E-state index in [0.29, 0.717) is 13.1 Å². The smallest absolute Gasteiger partial charge is 0.256 e. The van der Waals surface area contributed by atoms with Crippen LogP contribution in [0, 0.1) is 11.6 Å². The second-order valence-electron chi connectivity index (χ2n) is 5.60. The van der Waals surface area contributed by atoms with E-state index in [-0.39, 0.29) is 17.2 Å². The van der Waals surface area contributed by atoms with Crippen LogP contribution in [0.5, 0.6) is 0 Å². The fourth-order valence-corrected chi connectivity index (χ4v) is 2.46. The average Bonchev–Trinajstić information content (AvgIpc) is 2.40. The number of piperazine rings is 1. The zero-order valence-corrected chi connectivity index (χ0v) is 12.1. The van der Waals surface area contributed by atoms with Crippen LogP contribution in [0.4, 0.5) is 14.5 Å². The van der Waals surface area contributed by atoms with Crippen LogP contribution in [0.25, 0.3) is 0 Å². The summed E-state index contributed by atoms with van der Waals surface area (Å²) >= 11 is 0. The molecule has 2 N–H and O–H groups in total. The Labute approximate surface area is 121 Å². The Kier molecular flexibility index (Phi) is 3.61. The Balaban J connectivity index is 2.41. The van der Waals surface area contributed by atoms with Crippen LogP contribution < -0.4 is 5.73 Å². The van der Waals surface area contributed by atoms with Gasteiger partial charge >= 0.3 is 0 Å². The predicted octanol–water partition coefficient (Wildman–Crippen LogP) is 1.24. The van der Waals surface area contributed by atoms with Crippen LogP contribution in [-0.4, -0.2) is 47.3 Å². The van der Waals surface area contributed by atoms with Crippen molar-refractivity contribution in [1.82, 2.24) is 9.80 Å². The molecule has 5 nitrogen and oxygen atoms in total. The lowest BCUT2D eigenvalue weighted by atomic mass is 9.96. The standard InChI is InChI=1S/C14H17F2N3O2/c1-14(2)13(21)18(3)4-5-19(14)12(20)8-6-9(15)10(16)7-11(8)17/h6-7H,4-5,17H2,1-3H3. The van der Waals surface area contributed by atoms with E-state index in [0.717, 1.165) is 12.1 Å². The lowest BCUT2D eigenvalue weighted by Gasteiger charge is -2.44. The SMILES string of the molecule is CN1CCN(C(=O)c2cc(F)c(F)cc2N)C(C)(C)C1=O. The third-order valence-corrected chi connectivity index (χ3v) is 3.77. The summed E-state index contributed by atoms with van der Waals surface area (Å²) in [6, 6.07) is 1.54. The molecule has 2 rings (SSSR count). The van der Waals surface area contributed by atoms with Crippen LogP contribution in [0.3, 0.4) is 0 Å². The van der Waals surface area contributed by atoms with E-state index in [9.17, 15) is 18.4 Å². The van der Waals surface area contributed by atoms with E-state index < -0.39 is 23.1 Å². The first kappa shape index (κ1) is 15.2. The highest BCUT2D eigenvalue weighted by Gasteiger charge is 2.43. The number of nitrogens with zero attached hydrogens (tertiary/aromatic N) is 2. The lowest BCUT2D eigenvalue weighted by molar-refractivity contribution is -0.144. The van der Waals surface area contributed by atoms with Crippen LogP contribution in [-0.2, 0) is 4.79 Å². The number of hydrogen-bond donors (Lipinski definition) is 1. The predicted molar refractivity (Wildman–Crippen MR) is 73.5 cm³/mol. The molecule has 0 atom stereocenters. The number of nitrogen functional groups attached to an aromatic ring is 1. The van der Waals surface area contributed by atoms with Gasteiger partial charge in [-0.1, -0.05) is 0 Å². The number of carbonyl (C=O) groups excluding carboxylic acids is 2. The van der Waals surface area contributed by atoms with Crippen molar-refractivity contribution in [2.24, 2.45) is 0 Å². The Morgan fingerprint density at radius 3 is 2.43 bits per heavy atom. The number of likely N-dealkylation sites (N-methyl/N-ethyl adjacent to an activating group) is 1. The van der Waals surface area contributed by atoms with Gasteiger partial charge in [-0.15, -0.1) is 0 Å². The van der Waals surface area contributed by atoms with Gasteiger partial charge in [-0.2, -0.15) is 0 Å². The second-order valence-corrected chi connectivity index (χ2v) is 5.60. The molecule has 1 heterocycles. The minimum atomic E-state index is -1.15. The number of halogens is 2. The normalized spacial score (nSPS) is 18.0. The van der Waals surface area contributed by atoms with Gasteiger partial charge in [-0.25, -0.2) is 8.78 Å². The molecule has 7 heteroatoms. The molecule has 0 aromatic heterocycles. The molecule has 1 saturated heterocycles. The monoisotopic (exact) mass is 297 g/mol. The summed E-state index contributed by atoms with van der Waals surface area (Å²) in [6.45, 7) is 3.89. The number of hydrogen-bond acceptors (Lipinski definition) is 3. The summed E-state index contributed by atoms with van der Waals surface area (Å²) in [5, 5.41) is 0. The quantitative estimate of drug-likeness (QED) is 0.793. The molecular formula is C14H17F2N3O2. The number of nitrogens with two attached hydrogens (primary N) is 1. The first-order valence-electron chi connectivity index (χ1n) is 6.48. The molecule has 0 radical (unpaired) electrons. The molecule has 1 aromatic carbocycles. The van der Waals surface area contributed by atoms with Crippen molar-refractivity contribution in [2.45, 2.75) is 19.4 Å². The van der Waals surface area contributed by atoms with Gasteiger partial charge in [0.25, 0.3) is 5.91 Å². The zero-order valence-electron chi connectivity index (χ0n) is 12.1. The molecule has 0 spiro atoms. The van der Waals surface area contributed by atoms with E-state index in [4.69, 9.17) is 5.73 Å². The number of benzene rings is 1. The summed E-state index contributed by atoms with van der Waals surface area (Å²) in [6.07, 6.45) is 0. The molecule has 1 aromatic rings. The molecule has 0 bridgehead atoms. The molecular weight excluding hydrogens is 280 g/mol. The molecule has 114 valence electrons. The first-order chi connectivity index (χ1) is 9.66. The van der Waals surface area contributed by atoms with Crippen molar-refractivity contribution >= 4 is 17.5 Å². The van der Waals surface area contributed by atoms with E-state index in [1.807, 2.05) is 0 Å². The summed E-state index contributed by atoms with van der Waals surface area (Å²) in [5.74, 6) is -3.07. The summed E-state index contributed by atoms with van der Waals surface area (Å²) < 4.78 is 26.4. The zero-order chi connectivity index (χ0) is 15.9. The number of amides is 2. The maximum absolute atomic E-state index is 13.3. The average molecular weight is 297 g/mol. The van der Waals surface area contributed by atoms with Crippen molar-refractivity contribution in [3.8, 4) is 0 Å². The van der Waals surface area contributed by atoms with E-state index in [1.165, 1.54) is 9.80 Å².